The van der Waals surface area contributed by atoms with E-state index in [0.717, 1.165) is 12.1 Å². The van der Waals surface area contributed by atoms with Crippen molar-refractivity contribution in [3.63, 3.8) is 0 Å². The first-order valence-corrected chi connectivity index (χ1v) is 6.63. The molecule has 0 saturated carbocycles. The maximum Gasteiger partial charge on any atom is 0.573 e. The zero-order valence-electron chi connectivity index (χ0n) is 12.3. The Balaban J connectivity index is 2.43. The minimum absolute atomic E-state index is 0.190. The number of benzene rings is 1. The third-order valence-electron chi connectivity index (χ3n) is 3.41. The second-order valence-electron chi connectivity index (χ2n) is 6.09. The number of nitrogens with one attached hydrogen (secondary N) is 1. The predicted molar refractivity (Wildman–Crippen MR) is 73.5 cm³/mol. The fraction of sp³-hybridized carbons (Fsp3) is 0.600. The number of alkyl halides is 3. The number of hydrogen-bond acceptors (Lipinski definition) is 2. The van der Waals surface area contributed by atoms with Gasteiger partial charge in [0.05, 0.1) is 0 Å². The first kappa shape index (κ1) is 16.8. The van der Waals surface area contributed by atoms with Crippen LogP contribution in [0.4, 0.5) is 13.2 Å². The zero-order chi connectivity index (χ0) is 15.4. The van der Waals surface area contributed by atoms with E-state index >= 15 is 0 Å². The van der Waals surface area contributed by atoms with Crippen molar-refractivity contribution < 1.29 is 17.9 Å². The molecule has 114 valence electrons. The van der Waals surface area contributed by atoms with Gasteiger partial charge in [0.25, 0.3) is 0 Å². The first-order chi connectivity index (χ1) is 9.08. The number of hydrogen-bond donors (Lipinski definition) is 1. The van der Waals surface area contributed by atoms with Crippen LogP contribution in [0.1, 0.15) is 33.3 Å². The molecule has 0 saturated heterocycles. The van der Waals surface area contributed by atoms with Crippen LogP contribution in [0.25, 0.3) is 0 Å². The summed E-state index contributed by atoms with van der Waals surface area (Å²) in [6.45, 7) is 10.2. The van der Waals surface area contributed by atoms with Gasteiger partial charge in [0.15, 0.2) is 0 Å². The molecule has 0 aromatic heterocycles. The second kappa shape index (κ2) is 6.48. The fourth-order valence-corrected chi connectivity index (χ4v) is 1.55. The quantitative estimate of drug-likeness (QED) is 0.869. The maximum absolute atomic E-state index is 12.0. The Morgan fingerprint density at radius 2 is 1.65 bits per heavy atom. The summed E-state index contributed by atoms with van der Waals surface area (Å²) in [5.41, 5.74) is 1.16. The molecule has 2 nitrogen and oxygen atoms in total. The molecule has 1 rings (SSSR count). The van der Waals surface area contributed by atoms with Gasteiger partial charge in [-0.15, -0.1) is 13.2 Å². The summed E-state index contributed by atoms with van der Waals surface area (Å²) in [4.78, 5) is 0. The predicted octanol–water partition coefficient (Wildman–Crippen LogP) is 4.36. The molecule has 0 spiro atoms. The minimum atomic E-state index is -4.64. The van der Waals surface area contributed by atoms with E-state index in [0.29, 0.717) is 12.5 Å². The molecule has 0 aliphatic heterocycles. The topological polar surface area (TPSA) is 21.3 Å². The lowest BCUT2D eigenvalue weighted by Crippen LogP contribution is -2.29. The van der Waals surface area contributed by atoms with Crippen molar-refractivity contribution in [1.82, 2.24) is 5.32 Å². The summed E-state index contributed by atoms with van der Waals surface area (Å²) < 4.78 is 39.9. The van der Waals surface area contributed by atoms with Crippen LogP contribution in [-0.2, 0) is 6.54 Å². The molecule has 0 fully saturated rings. The van der Waals surface area contributed by atoms with Crippen molar-refractivity contribution in [2.75, 3.05) is 6.54 Å². The maximum atomic E-state index is 12.0. The summed E-state index contributed by atoms with van der Waals surface area (Å²) in [6.07, 6.45) is -4.64. The lowest BCUT2D eigenvalue weighted by atomic mass is 9.82. The zero-order valence-corrected chi connectivity index (χ0v) is 12.3. The molecule has 5 heteroatoms. The highest BCUT2D eigenvalue weighted by molar-refractivity contribution is 5.27. The molecule has 0 amide bonds. The number of halogens is 3. The third kappa shape index (κ3) is 6.28. The van der Waals surface area contributed by atoms with Crippen molar-refractivity contribution in [2.45, 2.75) is 40.6 Å². The van der Waals surface area contributed by atoms with E-state index in [4.69, 9.17) is 0 Å². The van der Waals surface area contributed by atoms with E-state index in [1.165, 1.54) is 12.1 Å². The van der Waals surface area contributed by atoms with Crippen LogP contribution in [0.15, 0.2) is 24.3 Å². The largest absolute Gasteiger partial charge is 0.573 e. The third-order valence-corrected chi connectivity index (χ3v) is 3.41. The van der Waals surface area contributed by atoms with Gasteiger partial charge in [-0.25, -0.2) is 0 Å². The van der Waals surface area contributed by atoms with Crippen molar-refractivity contribution in [3.05, 3.63) is 29.8 Å². The van der Waals surface area contributed by atoms with E-state index in [-0.39, 0.29) is 11.2 Å². The molecular formula is C15H22F3NO. The molecule has 0 bridgehead atoms. The van der Waals surface area contributed by atoms with Gasteiger partial charge in [-0.05, 0) is 35.6 Å². The van der Waals surface area contributed by atoms with Crippen LogP contribution in [-0.4, -0.2) is 12.9 Å². The molecule has 1 atom stereocenters. The van der Waals surface area contributed by atoms with Crippen molar-refractivity contribution in [1.29, 1.82) is 0 Å². The summed E-state index contributed by atoms with van der Waals surface area (Å²) >= 11 is 0. The Morgan fingerprint density at radius 3 is 2.10 bits per heavy atom. The smallest absolute Gasteiger partial charge is 0.406 e. The van der Waals surface area contributed by atoms with Crippen LogP contribution in [0.2, 0.25) is 0 Å². The van der Waals surface area contributed by atoms with E-state index in [2.05, 4.69) is 37.7 Å². The average Bonchev–Trinajstić information content (AvgIpc) is 2.28. The van der Waals surface area contributed by atoms with Crippen LogP contribution in [0.3, 0.4) is 0 Å². The van der Waals surface area contributed by atoms with Crippen LogP contribution >= 0.6 is 0 Å². The minimum Gasteiger partial charge on any atom is -0.406 e. The summed E-state index contributed by atoms with van der Waals surface area (Å²) in [6, 6.07) is 5.93. The SMILES string of the molecule is CC(CNCc1ccc(OC(F)(F)F)cc1)C(C)(C)C. The lowest BCUT2D eigenvalue weighted by molar-refractivity contribution is -0.274. The molecule has 0 aliphatic rings. The van der Waals surface area contributed by atoms with Crippen molar-refractivity contribution in [2.24, 2.45) is 11.3 Å². The van der Waals surface area contributed by atoms with Gasteiger partial charge in [0.2, 0.25) is 0 Å². The molecule has 1 unspecified atom stereocenters. The second-order valence-corrected chi connectivity index (χ2v) is 6.09. The number of rotatable bonds is 5. The van der Waals surface area contributed by atoms with Gasteiger partial charge >= 0.3 is 6.36 Å². The Morgan fingerprint density at radius 1 is 1.10 bits per heavy atom. The highest BCUT2D eigenvalue weighted by Crippen LogP contribution is 2.25. The Hall–Kier alpha value is -1.23. The van der Waals surface area contributed by atoms with Crippen molar-refractivity contribution in [3.8, 4) is 5.75 Å². The normalized spacial score (nSPS) is 14.2. The van der Waals surface area contributed by atoms with Gasteiger partial charge < -0.3 is 10.1 Å². The molecular weight excluding hydrogens is 267 g/mol. The molecule has 1 N–H and O–H groups in total. The van der Waals surface area contributed by atoms with Gasteiger partial charge in [-0.3, -0.25) is 0 Å². The van der Waals surface area contributed by atoms with Crippen LogP contribution < -0.4 is 10.1 Å². The average molecular weight is 289 g/mol. The van der Waals surface area contributed by atoms with Crippen LogP contribution in [0, 0.1) is 11.3 Å². The molecule has 0 heterocycles. The molecule has 1 aromatic carbocycles. The van der Waals surface area contributed by atoms with E-state index in [9.17, 15) is 13.2 Å². The fourth-order valence-electron chi connectivity index (χ4n) is 1.55. The Kier molecular flexibility index (Phi) is 5.45. The summed E-state index contributed by atoms with van der Waals surface area (Å²) in [7, 11) is 0. The highest BCUT2D eigenvalue weighted by Gasteiger charge is 2.30. The summed E-state index contributed by atoms with van der Waals surface area (Å²) in [5.74, 6) is 0.319. The molecule has 0 radical (unpaired) electrons. The van der Waals surface area contributed by atoms with E-state index < -0.39 is 6.36 Å². The van der Waals surface area contributed by atoms with Crippen molar-refractivity contribution >= 4 is 0 Å². The molecule has 0 aliphatic carbocycles. The highest BCUT2D eigenvalue weighted by atomic mass is 19.4. The van der Waals surface area contributed by atoms with E-state index in [1.54, 1.807) is 12.1 Å². The monoisotopic (exact) mass is 289 g/mol. The van der Waals surface area contributed by atoms with Gasteiger partial charge in [0.1, 0.15) is 5.75 Å². The van der Waals surface area contributed by atoms with Gasteiger partial charge in [-0.2, -0.15) is 0 Å². The van der Waals surface area contributed by atoms with Gasteiger partial charge in [-0.1, -0.05) is 39.8 Å². The molecule has 1 aromatic rings. The first-order valence-electron chi connectivity index (χ1n) is 6.63. The van der Waals surface area contributed by atoms with Gasteiger partial charge in [0, 0.05) is 6.54 Å². The Bertz CT molecular complexity index is 407. The van der Waals surface area contributed by atoms with E-state index in [1.807, 2.05) is 0 Å². The standard InChI is InChI=1S/C15H22F3NO/c1-11(14(2,3)4)9-19-10-12-5-7-13(8-6-12)20-15(16,17)18/h5-8,11,19H,9-10H2,1-4H3. The number of ether oxygens (including phenoxy) is 1. The Labute approximate surface area is 118 Å². The summed E-state index contributed by atoms with van der Waals surface area (Å²) in [5, 5.41) is 3.31. The lowest BCUT2D eigenvalue weighted by Gasteiger charge is -2.27. The van der Waals surface area contributed by atoms with Crippen LogP contribution in [0.5, 0.6) is 5.75 Å². The molecule has 20 heavy (non-hydrogen) atoms.